The molecule has 0 aromatic carbocycles. The van der Waals surface area contributed by atoms with E-state index in [9.17, 15) is 9.59 Å². The van der Waals surface area contributed by atoms with Crippen LogP contribution in [0.2, 0.25) is 0 Å². The van der Waals surface area contributed by atoms with Crippen molar-refractivity contribution in [3.05, 3.63) is 27.1 Å². The van der Waals surface area contributed by atoms with E-state index in [0.717, 1.165) is 29.7 Å². The summed E-state index contributed by atoms with van der Waals surface area (Å²) in [6, 6.07) is -0.902. The Morgan fingerprint density at radius 1 is 1.48 bits per heavy atom. The lowest BCUT2D eigenvalue weighted by Crippen LogP contribution is -2.29. The minimum Gasteiger partial charge on any atom is -0.480 e. The summed E-state index contributed by atoms with van der Waals surface area (Å²) < 4.78 is 1.23. The van der Waals surface area contributed by atoms with Gasteiger partial charge in [-0.3, -0.25) is 9.36 Å². The quantitative estimate of drug-likeness (QED) is 0.915. The Labute approximate surface area is 139 Å². The Morgan fingerprint density at radius 2 is 2.17 bits per heavy atom. The van der Waals surface area contributed by atoms with Crippen LogP contribution in [0.1, 0.15) is 50.6 Å². The zero-order chi connectivity index (χ0) is 16.9. The van der Waals surface area contributed by atoms with Gasteiger partial charge in [0.1, 0.15) is 10.9 Å². The van der Waals surface area contributed by atoms with Gasteiger partial charge in [0.15, 0.2) is 0 Å². The van der Waals surface area contributed by atoms with E-state index >= 15 is 0 Å². The smallest absolute Gasteiger partial charge is 0.326 e. The molecule has 23 heavy (non-hydrogen) atoms. The summed E-state index contributed by atoms with van der Waals surface area (Å²) in [5.41, 5.74) is 1.12. The number of carboxylic acid groups (broad SMARTS) is 1. The zero-order valence-corrected chi connectivity index (χ0v) is 14.7. The highest BCUT2D eigenvalue weighted by Gasteiger charge is 2.32. The van der Waals surface area contributed by atoms with Crippen molar-refractivity contribution < 1.29 is 9.90 Å². The monoisotopic (exact) mass is 334 g/mol. The highest BCUT2D eigenvalue weighted by Crippen LogP contribution is 2.41. The van der Waals surface area contributed by atoms with Crippen molar-refractivity contribution >= 4 is 27.5 Å². The van der Waals surface area contributed by atoms with Crippen molar-refractivity contribution in [3.8, 4) is 0 Å². The lowest BCUT2D eigenvalue weighted by Gasteiger charge is -2.33. The summed E-state index contributed by atoms with van der Waals surface area (Å²) >= 11 is 1.59. The maximum atomic E-state index is 12.8. The summed E-state index contributed by atoms with van der Waals surface area (Å²) in [5, 5.41) is 9.79. The van der Waals surface area contributed by atoms with E-state index in [1.165, 1.54) is 22.7 Å². The van der Waals surface area contributed by atoms with Crippen molar-refractivity contribution in [1.82, 2.24) is 9.55 Å². The van der Waals surface area contributed by atoms with Gasteiger partial charge in [0.2, 0.25) is 0 Å². The molecular weight excluding hydrogens is 312 g/mol. The van der Waals surface area contributed by atoms with Gasteiger partial charge in [0.25, 0.3) is 5.56 Å². The number of aryl methyl sites for hydroxylation is 1. The number of aliphatic carboxylic acids is 1. The van der Waals surface area contributed by atoms with Crippen molar-refractivity contribution in [3.63, 3.8) is 0 Å². The molecule has 2 heterocycles. The van der Waals surface area contributed by atoms with Crippen LogP contribution in [0.3, 0.4) is 0 Å². The number of carboxylic acids is 1. The molecule has 0 amide bonds. The number of hydrogen-bond donors (Lipinski definition) is 1. The van der Waals surface area contributed by atoms with Gasteiger partial charge in [-0.15, -0.1) is 11.3 Å². The van der Waals surface area contributed by atoms with Crippen LogP contribution in [0.4, 0.5) is 0 Å². The van der Waals surface area contributed by atoms with Gasteiger partial charge < -0.3 is 5.11 Å². The third kappa shape index (κ3) is 2.69. The molecule has 1 aliphatic rings. The Morgan fingerprint density at radius 3 is 2.78 bits per heavy atom. The maximum Gasteiger partial charge on any atom is 0.326 e. The number of fused-ring (bicyclic) bond motifs is 3. The molecule has 0 saturated carbocycles. The molecule has 0 bridgehead atoms. The lowest BCUT2D eigenvalue weighted by molar-refractivity contribution is -0.140. The first-order valence-corrected chi connectivity index (χ1v) is 8.76. The van der Waals surface area contributed by atoms with Crippen LogP contribution in [0.25, 0.3) is 10.2 Å². The lowest BCUT2D eigenvalue weighted by atomic mass is 9.72. The molecule has 1 aliphatic carbocycles. The molecule has 0 radical (unpaired) electrons. The molecule has 3 rings (SSSR count). The molecule has 0 spiro atoms. The second-order valence-corrected chi connectivity index (χ2v) is 8.54. The maximum absolute atomic E-state index is 12.8. The van der Waals surface area contributed by atoms with Gasteiger partial charge in [-0.25, -0.2) is 9.78 Å². The Balaban J connectivity index is 2.11. The molecule has 0 aliphatic heterocycles. The number of hydrogen-bond acceptors (Lipinski definition) is 4. The number of aromatic nitrogens is 2. The molecule has 0 fully saturated rings. The molecule has 2 unspecified atom stereocenters. The third-order valence-corrected chi connectivity index (χ3v) is 6.16. The SMILES string of the molecule is CC(C(=O)O)n1cnc2sc3c(c2c1=O)CCC(C(C)(C)C)C3. The van der Waals surface area contributed by atoms with E-state index in [-0.39, 0.29) is 11.0 Å². The second kappa shape index (κ2) is 5.44. The van der Waals surface area contributed by atoms with E-state index in [0.29, 0.717) is 11.3 Å². The topological polar surface area (TPSA) is 72.2 Å². The predicted molar refractivity (Wildman–Crippen MR) is 91.2 cm³/mol. The van der Waals surface area contributed by atoms with Gasteiger partial charge >= 0.3 is 5.97 Å². The molecule has 5 nitrogen and oxygen atoms in total. The van der Waals surface area contributed by atoms with E-state index in [4.69, 9.17) is 5.11 Å². The molecular formula is C17H22N2O3S. The Bertz CT molecular complexity index is 829. The number of thiophene rings is 1. The molecule has 6 heteroatoms. The van der Waals surface area contributed by atoms with Crippen LogP contribution in [0, 0.1) is 11.3 Å². The average molecular weight is 334 g/mol. The number of nitrogens with zero attached hydrogens (tertiary/aromatic N) is 2. The summed E-state index contributed by atoms with van der Waals surface area (Å²) in [6.07, 6.45) is 4.28. The largest absolute Gasteiger partial charge is 0.480 e. The van der Waals surface area contributed by atoms with Gasteiger partial charge in [-0.1, -0.05) is 20.8 Å². The van der Waals surface area contributed by atoms with Crippen molar-refractivity contribution in [2.24, 2.45) is 11.3 Å². The normalized spacial score (nSPS) is 19.6. The fraction of sp³-hybridized carbons (Fsp3) is 0.588. The summed E-state index contributed by atoms with van der Waals surface area (Å²) in [6.45, 7) is 8.28. The van der Waals surface area contributed by atoms with Gasteiger partial charge in [0, 0.05) is 4.88 Å². The van der Waals surface area contributed by atoms with Crippen LogP contribution >= 0.6 is 11.3 Å². The minimum absolute atomic E-state index is 0.225. The highest BCUT2D eigenvalue weighted by atomic mass is 32.1. The average Bonchev–Trinajstić information content (AvgIpc) is 2.84. The van der Waals surface area contributed by atoms with E-state index in [1.807, 2.05) is 0 Å². The first kappa shape index (κ1) is 16.2. The van der Waals surface area contributed by atoms with Gasteiger partial charge in [-0.2, -0.15) is 0 Å². The van der Waals surface area contributed by atoms with E-state index < -0.39 is 12.0 Å². The molecule has 0 saturated heterocycles. The number of rotatable bonds is 2. The van der Waals surface area contributed by atoms with Crippen LogP contribution in [-0.4, -0.2) is 20.6 Å². The van der Waals surface area contributed by atoms with Gasteiger partial charge in [0.05, 0.1) is 11.7 Å². The van der Waals surface area contributed by atoms with Crippen molar-refractivity contribution in [2.75, 3.05) is 0 Å². The van der Waals surface area contributed by atoms with E-state index in [2.05, 4.69) is 25.8 Å². The Kier molecular flexibility index (Phi) is 3.83. The first-order valence-electron chi connectivity index (χ1n) is 7.94. The summed E-state index contributed by atoms with van der Waals surface area (Å²) in [7, 11) is 0. The highest BCUT2D eigenvalue weighted by molar-refractivity contribution is 7.18. The Hall–Kier alpha value is -1.69. The second-order valence-electron chi connectivity index (χ2n) is 7.46. The minimum atomic E-state index is -1.02. The molecule has 1 N–H and O–H groups in total. The van der Waals surface area contributed by atoms with Crippen LogP contribution in [-0.2, 0) is 17.6 Å². The zero-order valence-electron chi connectivity index (χ0n) is 13.9. The fourth-order valence-corrected chi connectivity index (χ4v) is 4.57. The van der Waals surface area contributed by atoms with E-state index in [1.54, 1.807) is 11.3 Å². The van der Waals surface area contributed by atoms with Gasteiger partial charge in [-0.05, 0) is 43.1 Å². The fourth-order valence-electron chi connectivity index (χ4n) is 3.31. The molecule has 2 aromatic heterocycles. The molecule has 124 valence electrons. The molecule has 2 aromatic rings. The number of carbonyl (C=O) groups is 1. The van der Waals surface area contributed by atoms with Crippen molar-refractivity contribution in [2.45, 2.75) is 53.0 Å². The summed E-state index contributed by atoms with van der Waals surface area (Å²) in [5.74, 6) is -0.423. The predicted octanol–water partition coefficient (Wildman–Crippen LogP) is 3.25. The standard InChI is InChI=1S/C17H22N2O3S/c1-9(16(21)22)19-8-18-14-13(15(19)20)11-6-5-10(17(2,3)4)7-12(11)23-14/h8-10H,5-7H2,1-4H3,(H,21,22). The summed E-state index contributed by atoms with van der Waals surface area (Å²) in [4.78, 5) is 30.3. The van der Waals surface area contributed by atoms with Crippen LogP contribution in [0.15, 0.2) is 11.1 Å². The molecule has 2 atom stereocenters. The van der Waals surface area contributed by atoms with Crippen molar-refractivity contribution in [1.29, 1.82) is 0 Å². The third-order valence-electron chi connectivity index (χ3n) is 4.99. The first-order chi connectivity index (χ1) is 10.7. The van der Waals surface area contributed by atoms with Crippen LogP contribution < -0.4 is 5.56 Å². The van der Waals surface area contributed by atoms with Crippen LogP contribution in [0.5, 0.6) is 0 Å².